The number of ether oxygens (including phenoxy) is 2. The minimum Gasteiger partial charge on any atom is -0.347 e. The van der Waals surface area contributed by atoms with Crippen molar-refractivity contribution in [2.45, 2.75) is 12.2 Å². The lowest BCUT2D eigenvalue weighted by Gasteiger charge is -2.50. The van der Waals surface area contributed by atoms with Crippen LogP contribution in [-0.4, -0.2) is 24.2 Å². The van der Waals surface area contributed by atoms with E-state index < -0.39 is 0 Å². The zero-order valence-electron chi connectivity index (χ0n) is 9.43. The number of allylic oxidation sites excluding steroid dienone is 1. The molecule has 1 aliphatic heterocycles. The van der Waals surface area contributed by atoms with Crippen molar-refractivity contribution in [2.24, 2.45) is 41.4 Å². The van der Waals surface area contributed by atoms with Crippen molar-refractivity contribution in [1.29, 1.82) is 0 Å². The number of hydroxylamine groups is 1. The minimum atomic E-state index is -0.280. The summed E-state index contributed by atoms with van der Waals surface area (Å²) in [6.45, 7) is 1.51. The summed E-state index contributed by atoms with van der Waals surface area (Å²) in [4.78, 5) is 0. The van der Waals surface area contributed by atoms with Gasteiger partial charge in [-0.2, -0.15) is 0 Å². The zero-order chi connectivity index (χ0) is 10.9. The van der Waals surface area contributed by atoms with Crippen molar-refractivity contribution in [1.82, 2.24) is 5.48 Å². The third-order valence-electron chi connectivity index (χ3n) is 6.71. The highest BCUT2D eigenvalue weighted by molar-refractivity contribution is 5.50. The summed E-state index contributed by atoms with van der Waals surface area (Å²) in [5.74, 6) is 4.35. The van der Waals surface area contributed by atoms with Gasteiger partial charge in [0.25, 0.3) is 0 Å². The van der Waals surface area contributed by atoms with E-state index in [1.165, 1.54) is 12.0 Å². The fourth-order valence-electron chi connectivity index (χ4n) is 6.77. The van der Waals surface area contributed by atoms with Crippen LogP contribution in [0.1, 0.15) is 6.42 Å². The lowest BCUT2D eigenvalue weighted by atomic mass is 9.57. The summed E-state index contributed by atoms with van der Waals surface area (Å²) in [5.41, 5.74) is 5.14. The monoisotopic (exact) mass is 233 g/mol. The molecular formula is C13H15NO3. The molecule has 0 amide bonds. The average Bonchev–Trinajstić information content (AvgIpc) is 2.95. The van der Waals surface area contributed by atoms with E-state index in [9.17, 15) is 5.21 Å². The van der Waals surface area contributed by atoms with E-state index >= 15 is 0 Å². The number of nitrogens with one attached hydrogen (secondary N) is 1. The van der Waals surface area contributed by atoms with E-state index in [2.05, 4.69) is 5.48 Å². The molecule has 7 atom stereocenters. The topological polar surface area (TPSA) is 50.7 Å². The van der Waals surface area contributed by atoms with E-state index in [0.717, 1.165) is 42.6 Å². The lowest BCUT2D eigenvalue weighted by molar-refractivity contribution is -0.240. The molecule has 4 nitrogen and oxygen atoms in total. The van der Waals surface area contributed by atoms with Crippen LogP contribution in [-0.2, 0) is 9.47 Å². The molecule has 6 rings (SSSR count). The van der Waals surface area contributed by atoms with Gasteiger partial charge in [-0.1, -0.05) is 0 Å². The van der Waals surface area contributed by atoms with Crippen LogP contribution in [0, 0.1) is 41.4 Å². The first-order chi connectivity index (χ1) is 8.38. The highest BCUT2D eigenvalue weighted by Crippen LogP contribution is 2.85. The standard InChI is InChI=1S/C13H15NO3/c15-14-12-8-4-3-5-7-6(4)9(12)11(7)13(10(5)8)16-1-2-17-13/h4-7,9-11,14-15H,1-3H2/t4-,5+,6-,7?,9-,10-,11+/m1/s1. The van der Waals surface area contributed by atoms with Gasteiger partial charge in [0.15, 0.2) is 5.79 Å². The summed E-state index contributed by atoms with van der Waals surface area (Å²) in [6, 6.07) is 0. The van der Waals surface area contributed by atoms with Crippen molar-refractivity contribution >= 4 is 0 Å². The third kappa shape index (κ3) is 0.560. The van der Waals surface area contributed by atoms with E-state index in [0.29, 0.717) is 17.8 Å². The molecule has 2 bridgehead atoms. The zero-order valence-corrected chi connectivity index (χ0v) is 9.43. The molecule has 0 aromatic carbocycles. The van der Waals surface area contributed by atoms with Crippen LogP contribution < -0.4 is 5.48 Å². The van der Waals surface area contributed by atoms with Gasteiger partial charge in [-0.05, 0) is 35.7 Å². The quantitative estimate of drug-likeness (QED) is 0.656. The molecule has 1 spiro atoms. The molecule has 4 saturated carbocycles. The number of rotatable bonds is 1. The average molecular weight is 233 g/mol. The van der Waals surface area contributed by atoms with Crippen molar-refractivity contribution in [3.63, 3.8) is 0 Å². The Morgan fingerprint density at radius 3 is 2.82 bits per heavy atom. The van der Waals surface area contributed by atoms with Crippen LogP contribution in [0.15, 0.2) is 11.3 Å². The first kappa shape index (κ1) is 8.51. The first-order valence-electron chi connectivity index (χ1n) is 6.80. The smallest absolute Gasteiger partial charge is 0.179 e. The van der Waals surface area contributed by atoms with Crippen molar-refractivity contribution in [3.8, 4) is 0 Å². The molecule has 5 aliphatic carbocycles. The maximum absolute atomic E-state index is 9.42. The van der Waals surface area contributed by atoms with Crippen molar-refractivity contribution in [3.05, 3.63) is 11.3 Å². The highest BCUT2D eigenvalue weighted by atomic mass is 16.7. The van der Waals surface area contributed by atoms with Crippen LogP contribution >= 0.6 is 0 Å². The Hall–Kier alpha value is -0.580. The molecule has 5 fully saturated rings. The van der Waals surface area contributed by atoms with Crippen LogP contribution in [0.3, 0.4) is 0 Å². The van der Waals surface area contributed by atoms with E-state index in [1.807, 2.05) is 0 Å². The SMILES string of the molecule is ONC1=C2[C@@H]3C[C@H]4C5[C@@H]3[C@@H]1[C@H]5C1(OCCO1)[C@@H]24. The fourth-order valence-corrected chi connectivity index (χ4v) is 6.77. The Labute approximate surface area is 98.9 Å². The molecule has 4 heteroatoms. The first-order valence-corrected chi connectivity index (χ1v) is 6.80. The van der Waals surface area contributed by atoms with Crippen molar-refractivity contribution in [2.75, 3.05) is 13.2 Å². The number of hydrogen-bond acceptors (Lipinski definition) is 4. The van der Waals surface area contributed by atoms with Gasteiger partial charge in [0.1, 0.15) is 0 Å². The van der Waals surface area contributed by atoms with Gasteiger partial charge in [-0.15, -0.1) is 0 Å². The highest BCUT2D eigenvalue weighted by Gasteiger charge is 2.86. The van der Waals surface area contributed by atoms with E-state index in [1.54, 1.807) is 0 Å². The van der Waals surface area contributed by atoms with Gasteiger partial charge >= 0.3 is 0 Å². The van der Waals surface area contributed by atoms with E-state index in [4.69, 9.17) is 9.47 Å². The second-order valence-corrected chi connectivity index (χ2v) is 6.59. The maximum Gasteiger partial charge on any atom is 0.179 e. The Morgan fingerprint density at radius 2 is 2.06 bits per heavy atom. The largest absolute Gasteiger partial charge is 0.347 e. The van der Waals surface area contributed by atoms with Crippen LogP contribution in [0.4, 0.5) is 0 Å². The lowest BCUT2D eigenvalue weighted by Crippen LogP contribution is -2.55. The predicted octanol–water partition coefficient (Wildman–Crippen LogP) is 0.734. The van der Waals surface area contributed by atoms with E-state index in [-0.39, 0.29) is 5.79 Å². The fraction of sp³-hybridized carbons (Fsp3) is 0.846. The summed E-state index contributed by atoms with van der Waals surface area (Å²) in [6.07, 6.45) is 1.32. The Kier molecular flexibility index (Phi) is 1.09. The summed E-state index contributed by atoms with van der Waals surface area (Å²) in [5, 5.41) is 9.42. The Bertz CT molecular complexity index is 481. The predicted molar refractivity (Wildman–Crippen MR) is 55.6 cm³/mol. The molecule has 1 saturated heterocycles. The van der Waals surface area contributed by atoms with Gasteiger partial charge in [0.2, 0.25) is 0 Å². The van der Waals surface area contributed by atoms with Crippen LogP contribution in [0.25, 0.3) is 0 Å². The second-order valence-electron chi connectivity index (χ2n) is 6.59. The number of fused-ring (bicyclic) bond motifs is 4. The molecule has 0 radical (unpaired) electrons. The minimum absolute atomic E-state index is 0.280. The Morgan fingerprint density at radius 1 is 1.24 bits per heavy atom. The molecule has 0 aromatic heterocycles. The molecule has 1 unspecified atom stereocenters. The number of hydrogen-bond donors (Lipinski definition) is 2. The molecule has 17 heavy (non-hydrogen) atoms. The second kappa shape index (κ2) is 2.17. The normalized spacial score (nSPS) is 62.1. The van der Waals surface area contributed by atoms with Gasteiger partial charge in [0, 0.05) is 23.5 Å². The summed E-state index contributed by atoms with van der Waals surface area (Å²) < 4.78 is 12.2. The molecule has 90 valence electrons. The Balaban J connectivity index is 1.66. The van der Waals surface area contributed by atoms with Crippen LogP contribution in [0.5, 0.6) is 0 Å². The molecule has 1 heterocycles. The molecule has 2 N–H and O–H groups in total. The summed E-state index contributed by atoms with van der Waals surface area (Å²) in [7, 11) is 0. The third-order valence-corrected chi connectivity index (χ3v) is 6.71. The van der Waals surface area contributed by atoms with Crippen molar-refractivity contribution < 1.29 is 14.7 Å². The van der Waals surface area contributed by atoms with Gasteiger partial charge in [-0.25, -0.2) is 0 Å². The summed E-state index contributed by atoms with van der Waals surface area (Å²) >= 11 is 0. The molecule has 6 aliphatic rings. The van der Waals surface area contributed by atoms with Gasteiger partial charge in [0.05, 0.1) is 13.2 Å². The molecular weight excluding hydrogens is 218 g/mol. The van der Waals surface area contributed by atoms with Gasteiger partial charge < -0.3 is 9.47 Å². The molecule has 0 aromatic rings. The maximum atomic E-state index is 9.42. The van der Waals surface area contributed by atoms with Gasteiger partial charge in [-0.3, -0.25) is 10.7 Å². The van der Waals surface area contributed by atoms with Crippen LogP contribution in [0.2, 0.25) is 0 Å².